The molecule has 140 valence electrons. The van der Waals surface area contributed by atoms with Gasteiger partial charge in [0.05, 0.1) is 17.7 Å². The molecular formula is C23H26N2O2. The van der Waals surface area contributed by atoms with E-state index in [-0.39, 0.29) is 0 Å². The Labute approximate surface area is 161 Å². The molecule has 4 atom stereocenters. The van der Waals surface area contributed by atoms with Gasteiger partial charge in [-0.05, 0) is 72.6 Å². The van der Waals surface area contributed by atoms with Crippen LogP contribution in [0.1, 0.15) is 36.8 Å². The molecule has 1 heterocycles. The zero-order chi connectivity index (χ0) is 18.8. The van der Waals surface area contributed by atoms with Crippen LogP contribution in [0.3, 0.4) is 0 Å². The van der Waals surface area contributed by atoms with Gasteiger partial charge in [0.25, 0.3) is 0 Å². The number of benzene rings is 2. The van der Waals surface area contributed by atoms with Gasteiger partial charge in [-0.15, -0.1) is 0 Å². The van der Waals surface area contributed by atoms with Gasteiger partial charge in [0, 0.05) is 19.6 Å². The highest BCUT2D eigenvalue weighted by atomic mass is 16.5. The first-order valence-electron chi connectivity index (χ1n) is 9.79. The third-order valence-electron chi connectivity index (χ3n) is 6.06. The standard InChI is InChI=1S/C23H26N2O2/c1-16(18-4-6-21(26)7-5-18)13-25-14-19-10-23(11-20(19)15-25)27-22-8-2-17(12-24)3-9-22/h2-9,16,19-20,23,26H,10-11,13-15H2,1H3/t16?,19-,20+,23?. The lowest BCUT2D eigenvalue weighted by Crippen LogP contribution is -2.28. The van der Waals surface area contributed by atoms with Crippen LogP contribution in [0.2, 0.25) is 0 Å². The minimum absolute atomic E-state index is 0.296. The predicted octanol–water partition coefficient (Wildman–Crippen LogP) is 4.16. The Morgan fingerprint density at radius 3 is 2.30 bits per heavy atom. The number of aromatic hydroxyl groups is 1. The van der Waals surface area contributed by atoms with Crippen molar-refractivity contribution in [1.82, 2.24) is 4.90 Å². The smallest absolute Gasteiger partial charge is 0.119 e. The third kappa shape index (κ3) is 4.09. The lowest BCUT2D eigenvalue weighted by molar-refractivity contribution is 0.184. The summed E-state index contributed by atoms with van der Waals surface area (Å²) in [4.78, 5) is 2.59. The summed E-state index contributed by atoms with van der Waals surface area (Å²) in [7, 11) is 0. The molecule has 0 spiro atoms. The molecule has 1 aliphatic carbocycles. The van der Waals surface area contributed by atoms with Crippen LogP contribution in [0.15, 0.2) is 48.5 Å². The molecule has 0 aromatic heterocycles. The second-order valence-corrected chi connectivity index (χ2v) is 8.08. The second-order valence-electron chi connectivity index (χ2n) is 8.08. The highest BCUT2D eigenvalue weighted by molar-refractivity contribution is 5.34. The van der Waals surface area contributed by atoms with Crippen LogP contribution >= 0.6 is 0 Å². The van der Waals surface area contributed by atoms with Gasteiger partial charge >= 0.3 is 0 Å². The van der Waals surface area contributed by atoms with E-state index in [9.17, 15) is 5.11 Å². The summed E-state index contributed by atoms with van der Waals surface area (Å²) in [5.41, 5.74) is 1.95. The first-order chi connectivity index (χ1) is 13.1. The monoisotopic (exact) mass is 362 g/mol. The van der Waals surface area contributed by atoms with Crippen molar-refractivity contribution in [3.63, 3.8) is 0 Å². The molecule has 2 aromatic rings. The van der Waals surface area contributed by atoms with E-state index in [0.29, 0.717) is 23.3 Å². The maximum absolute atomic E-state index is 9.45. The van der Waals surface area contributed by atoms with Gasteiger partial charge in [-0.3, -0.25) is 0 Å². The van der Waals surface area contributed by atoms with Gasteiger partial charge in [0.2, 0.25) is 0 Å². The summed E-state index contributed by atoms with van der Waals surface area (Å²) < 4.78 is 6.16. The van der Waals surface area contributed by atoms with E-state index in [2.05, 4.69) is 17.9 Å². The highest BCUT2D eigenvalue weighted by Gasteiger charge is 2.41. The molecule has 0 radical (unpaired) electrons. The number of likely N-dealkylation sites (tertiary alicyclic amines) is 1. The summed E-state index contributed by atoms with van der Waals surface area (Å²) >= 11 is 0. The molecule has 4 heteroatoms. The van der Waals surface area contributed by atoms with Gasteiger partial charge in [-0.25, -0.2) is 0 Å². The number of nitrogens with zero attached hydrogens (tertiary/aromatic N) is 2. The Morgan fingerprint density at radius 2 is 1.70 bits per heavy atom. The molecule has 2 aromatic carbocycles. The van der Waals surface area contributed by atoms with Crippen molar-refractivity contribution in [1.29, 1.82) is 5.26 Å². The predicted molar refractivity (Wildman–Crippen MR) is 105 cm³/mol. The van der Waals surface area contributed by atoms with Gasteiger partial charge < -0.3 is 14.7 Å². The molecule has 4 nitrogen and oxygen atoms in total. The van der Waals surface area contributed by atoms with E-state index in [1.54, 1.807) is 12.1 Å². The summed E-state index contributed by atoms with van der Waals surface area (Å²) in [6.07, 6.45) is 2.54. The molecule has 2 unspecified atom stereocenters. The van der Waals surface area contributed by atoms with Crippen LogP contribution in [0.4, 0.5) is 0 Å². The molecule has 4 rings (SSSR count). The first kappa shape index (κ1) is 17.9. The summed E-state index contributed by atoms with van der Waals surface area (Å²) in [5, 5.41) is 18.3. The Morgan fingerprint density at radius 1 is 1.07 bits per heavy atom. The fourth-order valence-electron chi connectivity index (χ4n) is 4.68. The van der Waals surface area contributed by atoms with Gasteiger partial charge in [0.15, 0.2) is 0 Å². The number of nitriles is 1. The molecule has 2 fully saturated rings. The Kier molecular flexibility index (Phi) is 5.05. The molecule has 27 heavy (non-hydrogen) atoms. The molecular weight excluding hydrogens is 336 g/mol. The zero-order valence-corrected chi connectivity index (χ0v) is 15.7. The van der Waals surface area contributed by atoms with Gasteiger partial charge in [0.1, 0.15) is 11.5 Å². The number of hydrogen-bond acceptors (Lipinski definition) is 4. The van der Waals surface area contributed by atoms with E-state index in [1.165, 1.54) is 5.56 Å². The lowest BCUT2D eigenvalue weighted by Gasteiger charge is -2.23. The average Bonchev–Trinajstić information content (AvgIpc) is 3.20. The number of fused-ring (bicyclic) bond motifs is 1. The number of hydrogen-bond donors (Lipinski definition) is 1. The van der Waals surface area contributed by atoms with Crippen molar-refractivity contribution < 1.29 is 9.84 Å². The van der Waals surface area contributed by atoms with E-state index < -0.39 is 0 Å². The van der Waals surface area contributed by atoms with E-state index >= 15 is 0 Å². The van der Waals surface area contributed by atoms with Crippen LogP contribution in [0.5, 0.6) is 11.5 Å². The highest BCUT2D eigenvalue weighted by Crippen LogP contribution is 2.40. The first-order valence-corrected chi connectivity index (χ1v) is 9.79. The minimum Gasteiger partial charge on any atom is -0.508 e. The Balaban J connectivity index is 1.27. The lowest BCUT2D eigenvalue weighted by atomic mass is 10.0. The normalized spacial score (nSPS) is 25.7. The quantitative estimate of drug-likeness (QED) is 0.868. The fraction of sp³-hybridized carbons (Fsp3) is 0.435. The van der Waals surface area contributed by atoms with Crippen molar-refractivity contribution in [2.75, 3.05) is 19.6 Å². The van der Waals surface area contributed by atoms with Crippen LogP contribution in [0, 0.1) is 23.2 Å². The van der Waals surface area contributed by atoms with Crippen LogP contribution in [-0.2, 0) is 0 Å². The largest absolute Gasteiger partial charge is 0.508 e. The Hall–Kier alpha value is -2.51. The SMILES string of the molecule is CC(CN1C[C@H]2CC(Oc3ccc(C#N)cc3)C[C@H]2C1)c1ccc(O)cc1. The summed E-state index contributed by atoms with van der Waals surface area (Å²) in [6.45, 7) is 5.64. The fourth-order valence-corrected chi connectivity index (χ4v) is 4.68. The molecule has 0 amide bonds. The number of phenolic OH excluding ortho intramolecular Hbond substituents is 1. The summed E-state index contributed by atoms with van der Waals surface area (Å²) in [5.74, 6) is 3.11. The number of ether oxygens (including phenoxy) is 1. The van der Waals surface area contributed by atoms with Crippen molar-refractivity contribution >= 4 is 0 Å². The second kappa shape index (κ2) is 7.62. The molecule has 2 aliphatic rings. The average molecular weight is 362 g/mol. The van der Waals surface area contributed by atoms with Crippen molar-refractivity contribution in [3.8, 4) is 17.6 Å². The Bertz CT molecular complexity index is 796. The van der Waals surface area contributed by atoms with E-state index in [4.69, 9.17) is 10.00 Å². The van der Waals surface area contributed by atoms with Crippen LogP contribution < -0.4 is 4.74 Å². The van der Waals surface area contributed by atoms with Gasteiger partial charge in [-0.1, -0.05) is 19.1 Å². The summed E-state index contributed by atoms with van der Waals surface area (Å²) in [6, 6.07) is 17.2. The topological polar surface area (TPSA) is 56.5 Å². The van der Waals surface area contributed by atoms with E-state index in [1.807, 2.05) is 36.4 Å². The van der Waals surface area contributed by atoms with Crippen LogP contribution in [0.25, 0.3) is 0 Å². The molecule has 1 N–H and O–H groups in total. The van der Waals surface area contributed by atoms with Crippen molar-refractivity contribution in [2.45, 2.75) is 31.8 Å². The number of rotatable bonds is 5. The zero-order valence-electron chi connectivity index (χ0n) is 15.7. The maximum atomic E-state index is 9.45. The van der Waals surface area contributed by atoms with E-state index in [0.717, 1.165) is 50.1 Å². The molecule has 1 saturated carbocycles. The van der Waals surface area contributed by atoms with Gasteiger partial charge in [-0.2, -0.15) is 5.26 Å². The van der Waals surface area contributed by atoms with Crippen molar-refractivity contribution in [2.24, 2.45) is 11.8 Å². The third-order valence-corrected chi connectivity index (χ3v) is 6.06. The van der Waals surface area contributed by atoms with Crippen molar-refractivity contribution in [3.05, 3.63) is 59.7 Å². The molecule has 1 saturated heterocycles. The van der Waals surface area contributed by atoms with Crippen LogP contribution in [-0.4, -0.2) is 35.7 Å². The maximum Gasteiger partial charge on any atom is 0.119 e. The molecule has 0 bridgehead atoms. The number of phenols is 1. The minimum atomic E-state index is 0.296. The molecule has 1 aliphatic heterocycles.